The maximum atomic E-state index is 13.3. The number of nitrogens with two attached hydrogens (primary N) is 1. The predicted octanol–water partition coefficient (Wildman–Crippen LogP) is 3.28. The van der Waals surface area contributed by atoms with Crippen LogP contribution in [0.1, 0.15) is 5.56 Å². The molecule has 3 rings (SSSR count). The average Bonchev–Trinajstić information content (AvgIpc) is 2.94. The van der Waals surface area contributed by atoms with Gasteiger partial charge in [0, 0.05) is 11.3 Å². The van der Waals surface area contributed by atoms with Crippen molar-refractivity contribution in [3.05, 3.63) is 59.9 Å². The summed E-state index contributed by atoms with van der Waals surface area (Å²) in [5, 5.41) is 8.64. The van der Waals surface area contributed by atoms with E-state index >= 15 is 0 Å². The second-order valence-corrected chi connectivity index (χ2v) is 6.26. The largest absolute Gasteiger partial charge is 0.493 e. The number of hydrogen-bond acceptors (Lipinski definition) is 5. The Morgan fingerprint density at radius 3 is 2.71 bits per heavy atom. The highest BCUT2D eigenvalue weighted by Crippen LogP contribution is 2.22. The molecule has 0 bridgehead atoms. The van der Waals surface area contributed by atoms with Gasteiger partial charge in [-0.05, 0) is 31.2 Å². The number of nitrogens with zero attached hydrogens (tertiary/aromatic N) is 3. The summed E-state index contributed by atoms with van der Waals surface area (Å²) in [6.45, 7) is 2.56. The standard InChI is InChI=1S/C17H17FN4OS/c1-12-5-7-15(8-6-12)23-9-10-24-17-21-20-16(22(17)19)13-3-2-4-14(18)11-13/h2-8,11H,9-10,19H2,1H3. The Morgan fingerprint density at radius 2 is 1.96 bits per heavy atom. The van der Waals surface area contributed by atoms with Gasteiger partial charge >= 0.3 is 0 Å². The number of thioether (sulfide) groups is 1. The van der Waals surface area contributed by atoms with E-state index in [4.69, 9.17) is 10.6 Å². The van der Waals surface area contributed by atoms with Crippen LogP contribution in [0.15, 0.2) is 53.7 Å². The number of rotatable bonds is 6. The van der Waals surface area contributed by atoms with E-state index in [1.54, 1.807) is 12.1 Å². The number of ether oxygens (including phenoxy) is 1. The topological polar surface area (TPSA) is 66.0 Å². The van der Waals surface area contributed by atoms with Crippen LogP contribution in [0.5, 0.6) is 5.75 Å². The maximum Gasteiger partial charge on any atom is 0.210 e. The Bertz CT molecular complexity index is 820. The number of aromatic nitrogens is 3. The third-order valence-corrected chi connectivity index (χ3v) is 4.26. The molecule has 0 aliphatic rings. The van der Waals surface area contributed by atoms with E-state index in [-0.39, 0.29) is 5.82 Å². The third-order valence-electron chi connectivity index (χ3n) is 3.35. The first kappa shape index (κ1) is 16.3. The van der Waals surface area contributed by atoms with Crippen molar-refractivity contribution < 1.29 is 9.13 Å². The first-order chi connectivity index (χ1) is 11.6. The van der Waals surface area contributed by atoms with Crippen LogP contribution in [0, 0.1) is 12.7 Å². The highest BCUT2D eigenvalue weighted by Gasteiger charge is 2.12. The number of aryl methyl sites for hydroxylation is 1. The van der Waals surface area contributed by atoms with Gasteiger partial charge in [-0.25, -0.2) is 9.07 Å². The summed E-state index contributed by atoms with van der Waals surface area (Å²) >= 11 is 1.43. The molecule has 124 valence electrons. The van der Waals surface area contributed by atoms with Gasteiger partial charge in [-0.3, -0.25) is 0 Å². The molecule has 0 saturated carbocycles. The molecular formula is C17H17FN4OS. The molecule has 0 amide bonds. The lowest BCUT2D eigenvalue weighted by atomic mass is 10.2. The summed E-state index contributed by atoms with van der Waals surface area (Å²) in [6, 6.07) is 14.0. The van der Waals surface area contributed by atoms with E-state index < -0.39 is 0 Å². The van der Waals surface area contributed by atoms with Crippen LogP contribution < -0.4 is 10.6 Å². The minimum atomic E-state index is -0.337. The molecule has 0 unspecified atom stereocenters. The Labute approximate surface area is 143 Å². The highest BCUT2D eigenvalue weighted by molar-refractivity contribution is 7.99. The SMILES string of the molecule is Cc1ccc(OCCSc2nnc(-c3cccc(F)c3)n2N)cc1. The minimum absolute atomic E-state index is 0.337. The van der Waals surface area contributed by atoms with E-state index in [2.05, 4.69) is 10.2 Å². The summed E-state index contributed by atoms with van der Waals surface area (Å²) < 4.78 is 20.3. The summed E-state index contributed by atoms with van der Waals surface area (Å²) in [5.74, 6) is 7.60. The highest BCUT2D eigenvalue weighted by atomic mass is 32.2. The molecular weight excluding hydrogens is 327 g/mol. The Hall–Kier alpha value is -2.54. The number of hydrogen-bond donors (Lipinski definition) is 1. The quantitative estimate of drug-likeness (QED) is 0.422. The van der Waals surface area contributed by atoms with Gasteiger partial charge in [0.15, 0.2) is 5.82 Å². The molecule has 1 heterocycles. The van der Waals surface area contributed by atoms with Crippen molar-refractivity contribution in [2.24, 2.45) is 0 Å². The number of benzene rings is 2. The van der Waals surface area contributed by atoms with E-state index in [0.29, 0.717) is 28.9 Å². The molecule has 2 aromatic carbocycles. The molecule has 5 nitrogen and oxygen atoms in total. The molecule has 0 radical (unpaired) electrons. The van der Waals surface area contributed by atoms with Gasteiger partial charge in [0.25, 0.3) is 0 Å². The van der Waals surface area contributed by atoms with Crippen molar-refractivity contribution in [2.75, 3.05) is 18.2 Å². The van der Waals surface area contributed by atoms with E-state index in [0.717, 1.165) is 5.75 Å². The van der Waals surface area contributed by atoms with Crippen LogP contribution in [0.3, 0.4) is 0 Å². The first-order valence-corrected chi connectivity index (χ1v) is 8.41. The molecule has 0 aliphatic heterocycles. The molecule has 7 heteroatoms. The Kier molecular flexibility index (Phi) is 5.00. The van der Waals surface area contributed by atoms with Gasteiger partial charge in [-0.2, -0.15) is 0 Å². The summed E-state index contributed by atoms with van der Waals surface area (Å²) in [4.78, 5) is 0. The lowest BCUT2D eigenvalue weighted by Crippen LogP contribution is -2.12. The number of nitrogen functional groups attached to an aromatic ring is 1. The maximum absolute atomic E-state index is 13.3. The lowest BCUT2D eigenvalue weighted by molar-refractivity contribution is 0.344. The van der Waals surface area contributed by atoms with Gasteiger partial charge in [0.05, 0.1) is 6.61 Å². The van der Waals surface area contributed by atoms with Crippen molar-refractivity contribution in [3.63, 3.8) is 0 Å². The fourth-order valence-corrected chi connectivity index (χ4v) is 2.80. The second-order valence-electron chi connectivity index (χ2n) is 5.20. The zero-order valence-corrected chi connectivity index (χ0v) is 14.0. The molecule has 24 heavy (non-hydrogen) atoms. The lowest BCUT2D eigenvalue weighted by Gasteiger charge is -2.06. The molecule has 0 aliphatic carbocycles. The molecule has 2 N–H and O–H groups in total. The second kappa shape index (κ2) is 7.35. The molecule has 3 aromatic rings. The van der Waals surface area contributed by atoms with Gasteiger partial charge < -0.3 is 10.6 Å². The Morgan fingerprint density at radius 1 is 1.17 bits per heavy atom. The van der Waals surface area contributed by atoms with Gasteiger partial charge in [-0.1, -0.05) is 41.6 Å². The van der Waals surface area contributed by atoms with Crippen LogP contribution in [0.25, 0.3) is 11.4 Å². The fourth-order valence-electron chi connectivity index (χ4n) is 2.13. The minimum Gasteiger partial charge on any atom is -0.493 e. The molecule has 1 aromatic heterocycles. The summed E-state index contributed by atoms with van der Waals surface area (Å²) in [6.07, 6.45) is 0. The number of halogens is 1. The summed E-state index contributed by atoms with van der Waals surface area (Å²) in [5.41, 5.74) is 1.78. The van der Waals surface area contributed by atoms with Crippen LogP contribution in [0.4, 0.5) is 4.39 Å². The first-order valence-electron chi connectivity index (χ1n) is 7.42. The molecule has 0 saturated heterocycles. The van der Waals surface area contributed by atoms with Crippen molar-refractivity contribution >= 4 is 11.8 Å². The fraction of sp³-hybridized carbons (Fsp3) is 0.176. The van der Waals surface area contributed by atoms with Crippen LogP contribution in [0.2, 0.25) is 0 Å². The van der Waals surface area contributed by atoms with Gasteiger partial charge in [0.2, 0.25) is 5.16 Å². The third kappa shape index (κ3) is 3.86. The van der Waals surface area contributed by atoms with Crippen LogP contribution in [-0.4, -0.2) is 27.2 Å². The molecule has 0 atom stereocenters. The normalized spacial score (nSPS) is 10.8. The average molecular weight is 344 g/mol. The van der Waals surface area contributed by atoms with E-state index in [1.165, 1.54) is 34.1 Å². The van der Waals surface area contributed by atoms with E-state index in [9.17, 15) is 4.39 Å². The van der Waals surface area contributed by atoms with Gasteiger partial charge in [0.1, 0.15) is 11.6 Å². The zero-order valence-electron chi connectivity index (χ0n) is 13.1. The van der Waals surface area contributed by atoms with Crippen molar-refractivity contribution in [2.45, 2.75) is 12.1 Å². The van der Waals surface area contributed by atoms with Gasteiger partial charge in [-0.15, -0.1) is 10.2 Å². The monoisotopic (exact) mass is 344 g/mol. The molecule has 0 spiro atoms. The zero-order chi connectivity index (χ0) is 16.9. The van der Waals surface area contributed by atoms with Crippen molar-refractivity contribution in [1.29, 1.82) is 0 Å². The van der Waals surface area contributed by atoms with Crippen LogP contribution >= 0.6 is 11.8 Å². The summed E-state index contributed by atoms with van der Waals surface area (Å²) in [7, 11) is 0. The van der Waals surface area contributed by atoms with Crippen LogP contribution in [-0.2, 0) is 0 Å². The smallest absolute Gasteiger partial charge is 0.210 e. The molecule has 0 fully saturated rings. The van der Waals surface area contributed by atoms with Crippen molar-refractivity contribution in [1.82, 2.24) is 14.9 Å². The predicted molar refractivity (Wildman–Crippen MR) is 93.0 cm³/mol. The Balaban J connectivity index is 1.57. The van der Waals surface area contributed by atoms with E-state index in [1.807, 2.05) is 31.2 Å². The van der Waals surface area contributed by atoms with Crippen molar-refractivity contribution in [3.8, 4) is 17.1 Å².